The van der Waals surface area contributed by atoms with Crippen molar-refractivity contribution in [3.63, 3.8) is 0 Å². The van der Waals surface area contributed by atoms with E-state index < -0.39 is 13.3 Å². The maximum Gasteiger partial charge on any atom is 0.338 e. The summed E-state index contributed by atoms with van der Waals surface area (Å²) in [4.78, 5) is 18.4. The van der Waals surface area contributed by atoms with Crippen molar-refractivity contribution in [3.05, 3.63) is 0 Å². The second-order valence-corrected chi connectivity index (χ2v) is 3.81. The SMILES string of the molecule is COP(=O)(O)C(C)[C]=O. The van der Waals surface area contributed by atoms with Crippen molar-refractivity contribution in [2.75, 3.05) is 7.11 Å². The van der Waals surface area contributed by atoms with Gasteiger partial charge in [-0.05, 0) is 6.92 Å². The van der Waals surface area contributed by atoms with E-state index in [0.717, 1.165) is 7.11 Å². The summed E-state index contributed by atoms with van der Waals surface area (Å²) in [5.74, 6) is 0. The zero-order valence-corrected chi connectivity index (χ0v) is 6.09. The fourth-order valence-electron chi connectivity index (χ4n) is 0.225. The molecule has 2 atom stereocenters. The summed E-state index contributed by atoms with van der Waals surface area (Å²) >= 11 is 0. The molecule has 5 heteroatoms. The molecular weight excluding hydrogens is 143 g/mol. The lowest BCUT2D eigenvalue weighted by Gasteiger charge is -2.08. The molecule has 0 aliphatic heterocycles. The molecule has 9 heavy (non-hydrogen) atoms. The Kier molecular flexibility index (Phi) is 3.04. The highest BCUT2D eigenvalue weighted by Gasteiger charge is 2.26. The van der Waals surface area contributed by atoms with Crippen LogP contribution < -0.4 is 0 Å². The van der Waals surface area contributed by atoms with Crippen LogP contribution in [0.3, 0.4) is 0 Å². The minimum atomic E-state index is -3.69. The molecule has 1 N–H and O–H groups in total. The van der Waals surface area contributed by atoms with Gasteiger partial charge in [-0.15, -0.1) is 0 Å². The van der Waals surface area contributed by atoms with E-state index in [1.54, 1.807) is 0 Å². The van der Waals surface area contributed by atoms with Crippen LogP contribution in [0, 0.1) is 0 Å². The normalized spacial score (nSPS) is 20.3. The van der Waals surface area contributed by atoms with E-state index in [9.17, 15) is 9.36 Å². The summed E-state index contributed by atoms with van der Waals surface area (Å²) in [7, 11) is -2.61. The van der Waals surface area contributed by atoms with Crippen molar-refractivity contribution in [2.24, 2.45) is 0 Å². The lowest BCUT2D eigenvalue weighted by Crippen LogP contribution is -2.05. The number of carbonyl (C=O) groups excluding carboxylic acids is 1. The van der Waals surface area contributed by atoms with Gasteiger partial charge in [0.05, 0.1) is 0 Å². The van der Waals surface area contributed by atoms with E-state index in [-0.39, 0.29) is 0 Å². The van der Waals surface area contributed by atoms with E-state index in [0.29, 0.717) is 0 Å². The molecule has 4 nitrogen and oxygen atoms in total. The molecule has 0 heterocycles. The fourth-order valence-corrected chi connectivity index (χ4v) is 0.674. The molecule has 0 aliphatic carbocycles. The Labute approximate surface area is 53.4 Å². The molecule has 53 valence electrons. The van der Waals surface area contributed by atoms with Crippen LogP contribution in [0.2, 0.25) is 0 Å². The van der Waals surface area contributed by atoms with Gasteiger partial charge in [0.1, 0.15) is 5.66 Å². The Morgan fingerprint density at radius 2 is 2.22 bits per heavy atom. The van der Waals surface area contributed by atoms with E-state index in [1.807, 2.05) is 0 Å². The number of rotatable bonds is 3. The fraction of sp³-hybridized carbons (Fsp3) is 0.750. The molecule has 0 fully saturated rings. The van der Waals surface area contributed by atoms with Crippen molar-refractivity contribution in [3.8, 4) is 0 Å². The quantitative estimate of drug-likeness (QED) is 0.590. The minimum absolute atomic E-state index is 1.05. The van der Waals surface area contributed by atoms with Gasteiger partial charge in [-0.25, -0.2) is 0 Å². The molecule has 2 unspecified atom stereocenters. The molecule has 0 aliphatic rings. The van der Waals surface area contributed by atoms with Crippen molar-refractivity contribution in [1.29, 1.82) is 0 Å². The standard InChI is InChI=1S/C4H8O4P/c1-4(3-5)9(6,7)8-2/h4H,1-2H3,(H,6,7). The van der Waals surface area contributed by atoms with Crippen LogP contribution in [-0.2, 0) is 13.9 Å². The monoisotopic (exact) mass is 151 g/mol. The maximum absolute atomic E-state index is 10.6. The van der Waals surface area contributed by atoms with E-state index in [2.05, 4.69) is 4.52 Å². The third kappa shape index (κ3) is 2.26. The second-order valence-electron chi connectivity index (χ2n) is 1.54. The molecule has 0 spiro atoms. The van der Waals surface area contributed by atoms with Crippen LogP contribution in [0.4, 0.5) is 0 Å². The van der Waals surface area contributed by atoms with E-state index in [4.69, 9.17) is 4.89 Å². The molecule has 0 aromatic heterocycles. The smallest absolute Gasteiger partial charge is 0.324 e. The van der Waals surface area contributed by atoms with Crippen LogP contribution >= 0.6 is 7.60 Å². The summed E-state index contributed by atoms with van der Waals surface area (Å²) < 4.78 is 14.7. The molecule has 0 rings (SSSR count). The highest BCUT2D eigenvalue weighted by atomic mass is 31.2. The van der Waals surface area contributed by atoms with E-state index in [1.165, 1.54) is 13.2 Å². The third-order valence-electron chi connectivity index (χ3n) is 0.922. The average Bonchev–Trinajstić information content (AvgIpc) is 1.86. The van der Waals surface area contributed by atoms with Crippen LogP contribution in [0.5, 0.6) is 0 Å². The Morgan fingerprint density at radius 3 is 2.33 bits per heavy atom. The van der Waals surface area contributed by atoms with Crippen molar-refractivity contribution < 1.29 is 18.8 Å². The highest BCUT2D eigenvalue weighted by molar-refractivity contribution is 7.54. The zero-order valence-electron chi connectivity index (χ0n) is 5.20. The maximum atomic E-state index is 10.6. The Hall–Kier alpha value is -0.180. The predicted octanol–water partition coefficient (Wildman–Crippen LogP) is 0.316. The first-order chi connectivity index (χ1) is 4.04. The minimum Gasteiger partial charge on any atom is -0.324 e. The Balaban J connectivity index is 4.14. The summed E-state index contributed by atoms with van der Waals surface area (Å²) in [6.45, 7) is 1.28. The molecule has 1 radical (unpaired) electrons. The van der Waals surface area contributed by atoms with Gasteiger partial charge in [0.25, 0.3) is 0 Å². The largest absolute Gasteiger partial charge is 0.338 e. The third-order valence-corrected chi connectivity index (χ3v) is 2.53. The molecule has 0 amide bonds. The van der Waals surface area contributed by atoms with Crippen molar-refractivity contribution in [1.82, 2.24) is 0 Å². The summed E-state index contributed by atoms with van der Waals surface area (Å²) in [5, 5.41) is 0. The first-order valence-electron chi connectivity index (χ1n) is 2.30. The highest BCUT2D eigenvalue weighted by Crippen LogP contribution is 2.44. The van der Waals surface area contributed by atoms with Crippen LogP contribution in [0.1, 0.15) is 6.92 Å². The van der Waals surface area contributed by atoms with Crippen LogP contribution in [0.15, 0.2) is 0 Å². The lowest BCUT2D eigenvalue weighted by molar-refractivity contribution is 0.312. The van der Waals surface area contributed by atoms with Gasteiger partial charge in [-0.1, -0.05) is 0 Å². The molecule has 0 aromatic carbocycles. The Morgan fingerprint density at radius 1 is 1.78 bits per heavy atom. The predicted molar refractivity (Wildman–Crippen MR) is 32.0 cm³/mol. The van der Waals surface area contributed by atoms with Gasteiger partial charge in [-0.2, -0.15) is 0 Å². The van der Waals surface area contributed by atoms with Crippen LogP contribution in [-0.4, -0.2) is 23.9 Å². The summed E-state index contributed by atoms with van der Waals surface area (Å²) in [6, 6.07) is 0. The number of hydrogen-bond donors (Lipinski definition) is 1. The van der Waals surface area contributed by atoms with E-state index >= 15 is 0 Å². The van der Waals surface area contributed by atoms with Crippen LogP contribution in [0.25, 0.3) is 0 Å². The second kappa shape index (κ2) is 3.11. The molecule has 0 aromatic rings. The van der Waals surface area contributed by atoms with Gasteiger partial charge in [0.15, 0.2) is 0 Å². The molecule has 0 saturated heterocycles. The van der Waals surface area contributed by atoms with Gasteiger partial charge >= 0.3 is 7.60 Å². The summed E-state index contributed by atoms with van der Waals surface area (Å²) in [6.07, 6.45) is 1.37. The molecule has 0 bridgehead atoms. The van der Waals surface area contributed by atoms with Gasteiger partial charge in [0.2, 0.25) is 6.29 Å². The van der Waals surface area contributed by atoms with Gasteiger partial charge < -0.3 is 9.42 Å². The van der Waals surface area contributed by atoms with Crippen molar-refractivity contribution >= 4 is 13.9 Å². The van der Waals surface area contributed by atoms with Crippen molar-refractivity contribution in [2.45, 2.75) is 12.6 Å². The number of hydrogen-bond acceptors (Lipinski definition) is 3. The first-order valence-corrected chi connectivity index (χ1v) is 3.95. The Bertz CT molecular complexity index is 144. The van der Waals surface area contributed by atoms with Gasteiger partial charge in [-0.3, -0.25) is 9.36 Å². The first kappa shape index (κ1) is 8.82. The average molecular weight is 151 g/mol. The molecule has 0 saturated carbocycles. The zero-order chi connectivity index (χ0) is 7.49. The molecular formula is C4H8O4P. The topological polar surface area (TPSA) is 63.6 Å². The summed E-state index contributed by atoms with van der Waals surface area (Å²) in [5.41, 5.74) is -1.05. The van der Waals surface area contributed by atoms with Gasteiger partial charge in [0, 0.05) is 7.11 Å². The lowest BCUT2D eigenvalue weighted by atomic mass is 10.5.